The van der Waals surface area contributed by atoms with Crippen LogP contribution in [0.4, 0.5) is 5.69 Å². The molecule has 0 unspecified atom stereocenters. The molecule has 0 aromatic heterocycles. The maximum atomic E-state index is 12.3. The van der Waals surface area contributed by atoms with Crippen LogP contribution in [-0.4, -0.2) is 25.6 Å². The molecular weight excluding hydrogens is 354 g/mol. The first-order valence-corrected chi connectivity index (χ1v) is 8.61. The molecule has 2 aromatic rings. The molecule has 0 radical (unpaired) electrons. The lowest BCUT2D eigenvalue weighted by Gasteiger charge is -2.16. The molecule has 5 nitrogen and oxygen atoms in total. The summed E-state index contributed by atoms with van der Waals surface area (Å²) in [5.74, 6) is -0.0644. The van der Waals surface area contributed by atoms with Crippen molar-refractivity contribution in [3.05, 3.63) is 58.1 Å². The number of esters is 1. The summed E-state index contributed by atoms with van der Waals surface area (Å²) in [4.78, 5) is 24.0. The molecule has 138 valence electrons. The maximum absolute atomic E-state index is 12.3. The van der Waals surface area contributed by atoms with Gasteiger partial charge in [-0.25, -0.2) is 4.79 Å². The lowest BCUT2D eigenvalue weighted by atomic mass is 10.0. The van der Waals surface area contributed by atoms with Crippen molar-refractivity contribution < 1.29 is 19.1 Å². The van der Waals surface area contributed by atoms with Crippen LogP contribution in [0.25, 0.3) is 0 Å². The SMILES string of the molecule is COC(=O)c1ccccc1NC(=O)COc1cc(C)c(Cl)cc1C(C)C. The number of aryl methyl sites for hydroxylation is 1. The van der Waals surface area contributed by atoms with Gasteiger partial charge in [-0.3, -0.25) is 4.79 Å². The van der Waals surface area contributed by atoms with E-state index in [1.165, 1.54) is 7.11 Å². The van der Waals surface area contributed by atoms with Crippen molar-refractivity contribution in [2.24, 2.45) is 0 Å². The van der Waals surface area contributed by atoms with E-state index in [-0.39, 0.29) is 24.0 Å². The van der Waals surface area contributed by atoms with E-state index >= 15 is 0 Å². The molecule has 0 aliphatic carbocycles. The number of anilines is 1. The summed E-state index contributed by atoms with van der Waals surface area (Å²) in [6.45, 7) is 5.75. The Morgan fingerprint density at radius 1 is 1.19 bits per heavy atom. The van der Waals surface area contributed by atoms with Crippen LogP contribution in [0, 0.1) is 6.92 Å². The zero-order valence-corrected chi connectivity index (χ0v) is 16.0. The molecule has 2 aromatic carbocycles. The number of halogens is 1. The number of hydrogen-bond acceptors (Lipinski definition) is 4. The Bertz CT molecular complexity index is 817. The van der Waals surface area contributed by atoms with E-state index in [0.717, 1.165) is 11.1 Å². The average Bonchev–Trinajstić information content (AvgIpc) is 2.62. The van der Waals surface area contributed by atoms with Gasteiger partial charge in [0.05, 0.1) is 18.4 Å². The van der Waals surface area contributed by atoms with E-state index in [1.54, 1.807) is 24.3 Å². The summed E-state index contributed by atoms with van der Waals surface area (Å²) in [6, 6.07) is 10.3. The summed E-state index contributed by atoms with van der Waals surface area (Å²) >= 11 is 6.18. The number of ether oxygens (including phenoxy) is 2. The minimum atomic E-state index is -0.516. The fourth-order valence-corrected chi connectivity index (χ4v) is 2.63. The first-order chi connectivity index (χ1) is 12.3. The van der Waals surface area contributed by atoms with E-state index in [0.29, 0.717) is 16.5 Å². The summed E-state index contributed by atoms with van der Waals surface area (Å²) in [7, 11) is 1.29. The van der Waals surface area contributed by atoms with Crippen LogP contribution in [0.3, 0.4) is 0 Å². The molecule has 6 heteroatoms. The highest BCUT2D eigenvalue weighted by atomic mass is 35.5. The minimum Gasteiger partial charge on any atom is -0.483 e. The first-order valence-electron chi connectivity index (χ1n) is 8.23. The summed E-state index contributed by atoms with van der Waals surface area (Å²) < 4.78 is 10.4. The third-order valence-electron chi connectivity index (χ3n) is 3.88. The molecule has 0 bridgehead atoms. The molecule has 0 atom stereocenters. The Labute approximate surface area is 158 Å². The highest BCUT2D eigenvalue weighted by Gasteiger charge is 2.15. The van der Waals surface area contributed by atoms with E-state index in [9.17, 15) is 9.59 Å². The van der Waals surface area contributed by atoms with Crippen molar-refractivity contribution in [2.75, 3.05) is 19.0 Å². The molecule has 2 rings (SSSR count). The van der Waals surface area contributed by atoms with Crippen LogP contribution in [0.15, 0.2) is 36.4 Å². The second kappa shape index (κ2) is 8.72. The minimum absolute atomic E-state index is 0.184. The molecule has 0 fully saturated rings. The number of para-hydroxylation sites is 1. The van der Waals surface area contributed by atoms with Crippen LogP contribution in [0.1, 0.15) is 41.3 Å². The van der Waals surface area contributed by atoms with Gasteiger partial charge in [-0.15, -0.1) is 0 Å². The van der Waals surface area contributed by atoms with Gasteiger partial charge in [-0.2, -0.15) is 0 Å². The average molecular weight is 376 g/mol. The number of carbonyl (C=O) groups is 2. The Morgan fingerprint density at radius 3 is 2.54 bits per heavy atom. The lowest BCUT2D eigenvalue weighted by molar-refractivity contribution is -0.118. The summed E-state index contributed by atoms with van der Waals surface area (Å²) in [5.41, 5.74) is 2.48. The third kappa shape index (κ3) is 4.76. The number of nitrogens with one attached hydrogen (secondary N) is 1. The fraction of sp³-hybridized carbons (Fsp3) is 0.300. The van der Waals surface area contributed by atoms with Gasteiger partial charge in [-0.1, -0.05) is 37.6 Å². The molecule has 0 aliphatic heterocycles. The molecular formula is C20H22ClNO4. The van der Waals surface area contributed by atoms with Gasteiger partial charge in [0.2, 0.25) is 0 Å². The predicted molar refractivity (Wildman–Crippen MR) is 102 cm³/mol. The number of amides is 1. The van der Waals surface area contributed by atoms with Crippen LogP contribution >= 0.6 is 11.6 Å². The number of methoxy groups -OCH3 is 1. The largest absolute Gasteiger partial charge is 0.483 e. The van der Waals surface area contributed by atoms with Crippen molar-refractivity contribution in [2.45, 2.75) is 26.7 Å². The van der Waals surface area contributed by atoms with Crippen molar-refractivity contribution in [3.8, 4) is 5.75 Å². The Kier molecular flexibility index (Phi) is 6.64. The highest BCUT2D eigenvalue weighted by Crippen LogP contribution is 2.32. The monoisotopic (exact) mass is 375 g/mol. The van der Waals surface area contributed by atoms with Gasteiger partial charge < -0.3 is 14.8 Å². The molecule has 0 saturated carbocycles. The second-order valence-electron chi connectivity index (χ2n) is 6.17. The molecule has 0 saturated heterocycles. The number of hydrogen-bond donors (Lipinski definition) is 1. The van der Waals surface area contributed by atoms with Gasteiger partial charge in [0, 0.05) is 5.02 Å². The van der Waals surface area contributed by atoms with Crippen molar-refractivity contribution in [1.82, 2.24) is 0 Å². The second-order valence-corrected chi connectivity index (χ2v) is 6.58. The third-order valence-corrected chi connectivity index (χ3v) is 4.29. The van der Waals surface area contributed by atoms with Gasteiger partial charge >= 0.3 is 5.97 Å². The molecule has 1 N–H and O–H groups in total. The van der Waals surface area contributed by atoms with Crippen molar-refractivity contribution in [3.63, 3.8) is 0 Å². The molecule has 0 aliphatic rings. The van der Waals surface area contributed by atoms with Gasteiger partial charge in [0.15, 0.2) is 6.61 Å². The van der Waals surface area contributed by atoms with Crippen LogP contribution in [0.2, 0.25) is 5.02 Å². The van der Waals surface area contributed by atoms with E-state index < -0.39 is 5.97 Å². The molecule has 0 spiro atoms. The zero-order chi connectivity index (χ0) is 19.3. The quantitative estimate of drug-likeness (QED) is 0.751. The Hall–Kier alpha value is -2.53. The molecule has 1 amide bonds. The Morgan fingerprint density at radius 2 is 1.88 bits per heavy atom. The van der Waals surface area contributed by atoms with Crippen LogP contribution in [-0.2, 0) is 9.53 Å². The smallest absolute Gasteiger partial charge is 0.339 e. The van der Waals surface area contributed by atoms with Crippen LogP contribution in [0.5, 0.6) is 5.75 Å². The molecule has 0 heterocycles. The lowest BCUT2D eigenvalue weighted by Crippen LogP contribution is -2.22. The number of rotatable bonds is 6. The topological polar surface area (TPSA) is 64.6 Å². The normalized spacial score (nSPS) is 10.5. The van der Waals surface area contributed by atoms with E-state index in [1.807, 2.05) is 32.9 Å². The predicted octanol–water partition coefficient (Wildman–Crippen LogP) is 4.58. The maximum Gasteiger partial charge on any atom is 0.339 e. The molecule has 26 heavy (non-hydrogen) atoms. The van der Waals surface area contributed by atoms with E-state index in [4.69, 9.17) is 21.1 Å². The summed E-state index contributed by atoms with van der Waals surface area (Å²) in [5, 5.41) is 3.34. The van der Waals surface area contributed by atoms with Gasteiger partial charge in [-0.05, 0) is 48.2 Å². The van der Waals surface area contributed by atoms with Gasteiger partial charge in [0.25, 0.3) is 5.91 Å². The van der Waals surface area contributed by atoms with Crippen LogP contribution < -0.4 is 10.1 Å². The first kappa shape index (κ1) is 19.8. The number of carbonyl (C=O) groups excluding carboxylic acids is 2. The summed E-state index contributed by atoms with van der Waals surface area (Å²) in [6.07, 6.45) is 0. The van der Waals surface area contributed by atoms with E-state index in [2.05, 4.69) is 5.32 Å². The van der Waals surface area contributed by atoms with Crippen molar-refractivity contribution in [1.29, 1.82) is 0 Å². The fourth-order valence-electron chi connectivity index (χ4n) is 2.46. The van der Waals surface area contributed by atoms with Crippen molar-refractivity contribution >= 4 is 29.2 Å². The highest BCUT2D eigenvalue weighted by molar-refractivity contribution is 6.31. The standard InChI is InChI=1S/C20H22ClNO4/c1-12(2)15-10-16(21)13(3)9-18(15)26-11-19(23)22-17-8-6-5-7-14(17)20(24)25-4/h5-10,12H,11H2,1-4H3,(H,22,23). The number of benzene rings is 2. The Balaban J connectivity index is 2.11. The van der Waals surface area contributed by atoms with Gasteiger partial charge in [0.1, 0.15) is 5.75 Å². The zero-order valence-electron chi connectivity index (χ0n) is 15.3.